The molecule has 0 aromatic heterocycles. The number of hydrogen-bond donors (Lipinski definition) is 0. The summed E-state index contributed by atoms with van der Waals surface area (Å²) in [6.45, 7) is 0.807. The van der Waals surface area contributed by atoms with Gasteiger partial charge in [0, 0.05) is 19.1 Å². The largest absolute Gasteiger partial charge is 0.293 e. The normalized spacial score (nSPS) is 16.1. The van der Waals surface area contributed by atoms with Crippen LogP contribution in [0.3, 0.4) is 0 Å². The smallest absolute Gasteiger partial charge is 0.0625 e. The molecular weight excluding hydrogens is 124 g/mol. The molecular formula is C8H10N2. The predicted octanol–water partition coefficient (Wildman–Crippen LogP) is 1.69. The van der Waals surface area contributed by atoms with Crippen LogP contribution in [0, 0.1) is 11.3 Å². The molecule has 1 aliphatic rings. The Bertz CT molecular complexity index is 196. The van der Waals surface area contributed by atoms with E-state index in [0.717, 1.165) is 19.4 Å². The van der Waals surface area contributed by atoms with Crippen molar-refractivity contribution in [1.82, 2.24) is 0 Å². The van der Waals surface area contributed by atoms with Crippen molar-refractivity contribution in [1.29, 1.82) is 5.26 Å². The molecule has 10 heavy (non-hydrogen) atoms. The van der Waals surface area contributed by atoms with Gasteiger partial charge < -0.3 is 0 Å². The molecule has 1 aliphatic heterocycles. The molecule has 0 aromatic carbocycles. The van der Waals surface area contributed by atoms with E-state index in [9.17, 15) is 0 Å². The van der Waals surface area contributed by atoms with Gasteiger partial charge in [0.1, 0.15) is 0 Å². The molecule has 0 fully saturated rings. The molecule has 52 valence electrons. The maximum absolute atomic E-state index is 8.28. The zero-order chi connectivity index (χ0) is 7.23. The predicted molar refractivity (Wildman–Crippen MR) is 40.9 cm³/mol. The first-order valence-corrected chi connectivity index (χ1v) is 3.46. The monoisotopic (exact) mass is 134 g/mol. The van der Waals surface area contributed by atoms with Gasteiger partial charge >= 0.3 is 0 Å². The van der Waals surface area contributed by atoms with Gasteiger partial charge in [0.25, 0.3) is 0 Å². The van der Waals surface area contributed by atoms with E-state index in [-0.39, 0.29) is 0 Å². The lowest BCUT2D eigenvalue weighted by atomic mass is 10.1. The van der Waals surface area contributed by atoms with Gasteiger partial charge in [0.15, 0.2) is 0 Å². The second-order valence-corrected chi connectivity index (χ2v) is 2.28. The molecule has 0 N–H and O–H groups in total. The van der Waals surface area contributed by atoms with E-state index in [1.165, 1.54) is 5.57 Å². The third-order valence-electron chi connectivity index (χ3n) is 1.49. The summed E-state index contributed by atoms with van der Waals surface area (Å²) in [4.78, 5) is 4.11. The summed E-state index contributed by atoms with van der Waals surface area (Å²) in [5.74, 6) is 0. The molecule has 0 aliphatic carbocycles. The van der Waals surface area contributed by atoms with Crippen LogP contribution in [0.25, 0.3) is 0 Å². The van der Waals surface area contributed by atoms with Gasteiger partial charge in [-0.2, -0.15) is 5.26 Å². The van der Waals surface area contributed by atoms with E-state index in [1.807, 2.05) is 6.21 Å². The van der Waals surface area contributed by atoms with Crippen molar-refractivity contribution < 1.29 is 0 Å². The van der Waals surface area contributed by atoms with Crippen molar-refractivity contribution in [3.05, 3.63) is 11.6 Å². The van der Waals surface area contributed by atoms with Crippen molar-refractivity contribution >= 4 is 6.21 Å². The zero-order valence-corrected chi connectivity index (χ0v) is 5.88. The lowest BCUT2D eigenvalue weighted by Crippen LogP contribution is -1.94. The van der Waals surface area contributed by atoms with Crippen molar-refractivity contribution in [3.63, 3.8) is 0 Å². The maximum Gasteiger partial charge on any atom is 0.0625 e. The van der Waals surface area contributed by atoms with Crippen LogP contribution in [0.2, 0.25) is 0 Å². The van der Waals surface area contributed by atoms with Gasteiger partial charge in [0.2, 0.25) is 0 Å². The first-order chi connectivity index (χ1) is 4.93. The quantitative estimate of drug-likeness (QED) is 0.529. The summed E-state index contributed by atoms with van der Waals surface area (Å²) in [5, 5.41) is 8.28. The fraction of sp³-hybridized carbons (Fsp3) is 0.500. The Morgan fingerprint density at radius 1 is 1.70 bits per heavy atom. The van der Waals surface area contributed by atoms with Gasteiger partial charge in [-0.3, -0.25) is 4.99 Å². The van der Waals surface area contributed by atoms with E-state index in [1.54, 1.807) is 0 Å². The number of allylic oxidation sites excluding steroid dienone is 1. The Morgan fingerprint density at radius 3 is 3.20 bits per heavy atom. The van der Waals surface area contributed by atoms with Gasteiger partial charge in [-0.05, 0) is 6.42 Å². The number of dihydropyridines is 1. The van der Waals surface area contributed by atoms with Crippen LogP contribution in [0.15, 0.2) is 16.6 Å². The molecule has 0 saturated heterocycles. The molecule has 0 amide bonds. The highest BCUT2D eigenvalue weighted by atomic mass is 14.7. The van der Waals surface area contributed by atoms with Crippen LogP contribution in [-0.4, -0.2) is 12.8 Å². The summed E-state index contributed by atoms with van der Waals surface area (Å²) in [6.07, 6.45) is 6.54. The second kappa shape index (κ2) is 3.84. The molecule has 0 saturated carbocycles. The summed E-state index contributed by atoms with van der Waals surface area (Å²) in [6, 6.07) is 2.12. The third kappa shape index (κ3) is 2.02. The van der Waals surface area contributed by atoms with Gasteiger partial charge in [-0.1, -0.05) is 11.6 Å². The van der Waals surface area contributed by atoms with Crippen LogP contribution < -0.4 is 0 Å². The van der Waals surface area contributed by atoms with Crippen molar-refractivity contribution in [3.8, 4) is 6.07 Å². The van der Waals surface area contributed by atoms with Crippen molar-refractivity contribution in [2.75, 3.05) is 6.54 Å². The highest BCUT2D eigenvalue weighted by Gasteiger charge is 1.97. The van der Waals surface area contributed by atoms with Crippen molar-refractivity contribution in [2.24, 2.45) is 4.99 Å². The SMILES string of the molecule is N#CCCC1=CCC=NC1. The third-order valence-corrected chi connectivity index (χ3v) is 1.49. The van der Waals surface area contributed by atoms with Gasteiger partial charge in [0.05, 0.1) is 12.6 Å². The lowest BCUT2D eigenvalue weighted by Gasteiger charge is -2.03. The molecule has 0 unspecified atom stereocenters. The van der Waals surface area contributed by atoms with E-state index in [2.05, 4.69) is 17.1 Å². The fourth-order valence-corrected chi connectivity index (χ4v) is 0.938. The molecule has 0 radical (unpaired) electrons. The van der Waals surface area contributed by atoms with E-state index in [4.69, 9.17) is 5.26 Å². The Morgan fingerprint density at radius 2 is 2.60 bits per heavy atom. The topological polar surface area (TPSA) is 36.1 Å². The Labute approximate surface area is 60.9 Å². The summed E-state index contributed by atoms with van der Waals surface area (Å²) in [5.41, 5.74) is 1.31. The Kier molecular flexibility index (Phi) is 2.69. The van der Waals surface area contributed by atoms with Crippen LogP contribution in [0.5, 0.6) is 0 Å². The van der Waals surface area contributed by atoms with Gasteiger partial charge in [-0.25, -0.2) is 0 Å². The van der Waals surface area contributed by atoms with E-state index >= 15 is 0 Å². The van der Waals surface area contributed by atoms with Crippen molar-refractivity contribution in [2.45, 2.75) is 19.3 Å². The highest BCUT2D eigenvalue weighted by Crippen LogP contribution is 2.08. The molecule has 0 aromatic rings. The zero-order valence-electron chi connectivity index (χ0n) is 5.88. The molecule has 2 nitrogen and oxygen atoms in total. The van der Waals surface area contributed by atoms with Crippen LogP contribution in [0.1, 0.15) is 19.3 Å². The molecule has 0 bridgehead atoms. The Balaban J connectivity index is 2.29. The average Bonchev–Trinajstić information content (AvgIpc) is 2.03. The van der Waals surface area contributed by atoms with Gasteiger partial charge in [-0.15, -0.1) is 0 Å². The molecule has 0 atom stereocenters. The number of rotatable bonds is 2. The summed E-state index contributed by atoms with van der Waals surface area (Å²) < 4.78 is 0. The fourth-order valence-electron chi connectivity index (χ4n) is 0.938. The summed E-state index contributed by atoms with van der Waals surface area (Å²) in [7, 11) is 0. The maximum atomic E-state index is 8.28. The Hall–Kier alpha value is -1.10. The molecule has 2 heteroatoms. The van der Waals surface area contributed by atoms with Crippen LogP contribution in [-0.2, 0) is 0 Å². The first-order valence-electron chi connectivity index (χ1n) is 3.46. The summed E-state index contributed by atoms with van der Waals surface area (Å²) >= 11 is 0. The number of aliphatic imine (C=N–C) groups is 1. The van der Waals surface area contributed by atoms with E-state index < -0.39 is 0 Å². The number of nitrogens with zero attached hydrogens (tertiary/aromatic N) is 2. The highest BCUT2D eigenvalue weighted by molar-refractivity contribution is 5.61. The minimum Gasteiger partial charge on any atom is -0.293 e. The van der Waals surface area contributed by atoms with Crippen LogP contribution >= 0.6 is 0 Å². The molecule has 1 rings (SSSR count). The minimum atomic E-state index is 0.626. The minimum absolute atomic E-state index is 0.626. The first kappa shape index (κ1) is 7.01. The standard InChI is InChI=1S/C8H10N2/c9-5-1-3-8-4-2-6-10-7-8/h4,6H,1-3,7H2. The molecule has 1 heterocycles. The number of nitriles is 1. The lowest BCUT2D eigenvalue weighted by molar-refractivity contribution is 0.920. The van der Waals surface area contributed by atoms with E-state index in [0.29, 0.717) is 6.42 Å². The van der Waals surface area contributed by atoms with Crippen LogP contribution in [0.4, 0.5) is 0 Å². The second-order valence-electron chi connectivity index (χ2n) is 2.28. The number of hydrogen-bond acceptors (Lipinski definition) is 2. The average molecular weight is 134 g/mol. The molecule has 0 spiro atoms.